The monoisotopic (exact) mass is 605 g/mol. The van der Waals surface area contributed by atoms with E-state index in [4.69, 9.17) is 25.9 Å². The minimum absolute atomic E-state index is 0.101. The molecule has 4 N–H and O–H groups in total. The van der Waals surface area contributed by atoms with Crippen LogP contribution < -0.4 is 20.9 Å². The van der Waals surface area contributed by atoms with Crippen LogP contribution >= 0.6 is 11.3 Å². The summed E-state index contributed by atoms with van der Waals surface area (Å²) >= 11 is 1.58. The molecule has 1 aliphatic heterocycles. The summed E-state index contributed by atoms with van der Waals surface area (Å²) in [6.45, 7) is 0.724. The van der Waals surface area contributed by atoms with Crippen LogP contribution in [0.4, 0.5) is 11.8 Å². The standard InChI is InChI=1S/C33H31N7O3S/c1-42-28-16-20(14-23-18-37-33(35)39-31(23)34)15-25(30(28)43-2)27(41)10-13-40-12-9-21-6-3-4-8-24(21)29(40)26-19-44-32(38-26)22-7-5-11-36-17-22/h3-8,10-11,13,15-19,29H,9,12,14H2,1-2H3,(H4,34,35,37,39)/b13-10+. The number of aromatic nitrogens is 4. The van der Waals surface area contributed by atoms with Crippen LogP contribution in [-0.2, 0) is 12.8 Å². The van der Waals surface area contributed by atoms with E-state index in [1.165, 1.54) is 25.3 Å². The Hall–Kier alpha value is -5.29. The van der Waals surface area contributed by atoms with E-state index < -0.39 is 0 Å². The van der Waals surface area contributed by atoms with Gasteiger partial charge in [0.15, 0.2) is 17.3 Å². The number of hydrogen-bond acceptors (Lipinski definition) is 11. The average molecular weight is 606 g/mol. The molecule has 0 aliphatic carbocycles. The maximum Gasteiger partial charge on any atom is 0.221 e. The van der Waals surface area contributed by atoms with E-state index in [9.17, 15) is 4.79 Å². The Kier molecular flexibility index (Phi) is 8.20. The number of nitrogen functional groups attached to an aromatic ring is 2. The van der Waals surface area contributed by atoms with Gasteiger partial charge < -0.3 is 25.8 Å². The molecule has 0 saturated heterocycles. The van der Waals surface area contributed by atoms with Crippen LogP contribution in [0.1, 0.15) is 44.3 Å². The van der Waals surface area contributed by atoms with Crippen molar-refractivity contribution in [3.8, 4) is 22.1 Å². The van der Waals surface area contributed by atoms with E-state index in [0.29, 0.717) is 29.0 Å². The Morgan fingerprint density at radius 1 is 1.09 bits per heavy atom. The van der Waals surface area contributed by atoms with Crippen LogP contribution in [0.15, 0.2) is 84.8 Å². The fraction of sp³-hybridized carbons (Fsp3) is 0.182. The van der Waals surface area contributed by atoms with Crippen LogP contribution in [0.25, 0.3) is 10.6 Å². The van der Waals surface area contributed by atoms with Gasteiger partial charge in [0.05, 0.1) is 31.5 Å². The number of nitrogens with two attached hydrogens (primary N) is 2. The average Bonchev–Trinajstić information content (AvgIpc) is 3.54. The number of hydrogen-bond donors (Lipinski definition) is 2. The number of carbonyl (C=O) groups is 1. The molecule has 0 fully saturated rings. The Bertz CT molecular complexity index is 1840. The van der Waals surface area contributed by atoms with E-state index >= 15 is 0 Å². The highest BCUT2D eigenvalue weighted by molar-refractivity contribution is 7.13. The van der Waals surface area contributed by atoms with Gasteiger partial charge in [-0.15, -0.1) is 11.3 Å². The third-order valence-corrected chi connectivity index (χ3v) is 8.47. The van der Waals surface area contributed by atoms with Gasteiger partial charge >= 0.3 is 0 Å². The second-order valence-electron chi connectivity index (χ2n) is 10.3. The smallest absolute Gasteiger partial charge is 0.221 e. The number of carbonyl (C=O) groups excluding carboxylic acids is 1. The number of ether oxygens (including phenoxy) is 2. The number of benzene rings is 2. The minimum Gasteiger partial charge on any atom is -0.493 e. The Balaban J connectivity index is 1.33. The quantitative estimate of drug-likeness (QED) is 0.172. The number of fused-ring (bicyclic) bond motifs is 1. The normalized spacial score (nSPS) is 14.4. The van der Waals surface area contributed by atoms with E-state index in [0.717, 1.165) is 34.8 Å². The summed E-state index contributed by atoms with van der Waals surface area (Å²) in [6, 6.07) is 15.8. The first-order valence-corrected chi connectivity index (χ1v) is 14.9. The van der Waals surface area contributed by atoms with Crippen molar-refractivity contribution in [2.24, 2.45) is 0 Å². The van der Waals surface area contributed by atoms with E-state index in [1.807, 2.05) is 36.7 Å². The summed E-state index contributed by atoms with van der Waals surface area (Å²) in [5, 5.41) is 2.99. The number of allylic oxidation sites excluding steroid dienone is 1. The van der Waals surface area contributed by atoms with E-state index in [2.05, 4.69) is 43.4 Å². The zero-order valence-corrected chi connectivity index (χ0v) is 25.1. The molecule has 5 aromatic rings. The Morgan fingerprint density at radius 2 is 1.95 bits per heavy atom. The molecule has 0 amide bonds. The molecule has 6 rings (SSSR count). The lowest BCUT2D eigenvalue weighted by Gasteiger charge is -2.35. The van der Waals surface area contributed by atoms with Crippen LogP contribution in [0.5, 0.6) is 11.5 Å². The van der Waals surface area contributed by atoms with Crippen molar-refractivity contribution in [3.05, 3.63) is 118 Å². The molecule has 1 atom stereocenters. The SMILES string of the molecule is COc1cc(Cc2cnc(N)nc2N)cc(C(=O)/C=C/N2CCc3ccccc3C2c2csc(-c3cccnc3)n2)c1OC. The van der Waals surface area contributed by atoms with Crippen LogP contribution in [-0.4, -0.2) is 51.4 Å². The predicted molar refractivity (Wildman–Crippen MR) is 171 cm³/mol. The van der Waals surface area contributed by atoms with Crippen molar-refractivity contribution in [3.63, 3.8) is 0 Å². The number of methoxy groups -OCH3 is 2. The minimum atomic E-state index is -0.226. The molecule has 0 saturated carbocycles. The highest BCUT2D eigenvalue weighted by Crippen LogP contribution is 2.38. The third kappa shape index (κ3) is 5.82. The molecule has 4 heterocycles. The summed E-state index contributed by atoms with van der Waals surface area (Å²) in [5.41, 5.74) is 17.9. The molecular weight excluding hydrogens is 574 g/mol. The molecule has 0 bridgehead atoms. The van der Waals surface area contributed by atoms with Gasteiger partial charge in [-0.1, -0.05) is 24.3 Å². The molecule has 222 valence electrons. The third-order valence-electron chi connectivity index (χ3n) is 7.56. The van der Waals surface area contributed by atoms with Crippen molar-refractivity contribution in [1.82, 2.24) is 24.8 Å². The number of pyridine rings is 1. The molecule has 1 unspecified atom stereocenters. The van der Waals surface area contributed by atoms with Gasteiger partial charge in [-0.05, 0) is 47.4 Å². The van der Waals surface area contributed by atoms with Gasteiger partial charge in [-0.2, -0.15) is 4.98 Å². The highest BCUT2D eigenvalue weighted by atomic mass is 32.1. The molecule has 2 aromatic carbocycles. The fourth-order valence-corrected chi connectivity index (χ4v) is 6.29. The fourth-order valence-electron chi connectivity index (χ4n) is 5.46. The van der Waals surface area contributed by atoms with Crippen molar-refractivity contribution < 1.29 is 14.3 Å². The van der Waals surface area contributed by atoms with Crippen LogP contribution in [0, 0.1) is 0 Å². The molecule has 3 aromatic heterocycles. The molecular formula is C33H31N7O3S. The lowest BCUT2D eigenvalue weighted by atomic mass is 9.91. The summed E-state index contributed by atoms with van der Waals surface area (Å²) in [5.74, 6) is 0.949. The Labute approximate surface area is 259 Å². The summed E-state index contributed by atoms with van der Waals surface area (Å²) in [6.07, 6.45) is 9.82. The maximum absolute atomic E-state index is 13.8. The van der Waals surface area contributed by atoms with Crippen molar-refractivity contribution >= 4 is 28.9 Å². The zero-order chi connectivity index (χ0) is 30.6. The summed E-state index contributed by atoms with van der Waals surface area (Å²) in [7, 11) is 3.05. The highest BCUT2D eigenvalue weighted by Gasteiger charge is 2.29. The number of thiazole rings is 1. The molecule has 0 spiro atoms. The summed E-state index contributed by atoms with van der Waals surface area (Å²) < 4.78 is 11.2. The first-order valence-electron chi connectivity index (χ1n) is 14.0. The topological polar surface area (TPSA) is 142 Å². The van der Waals surface area contributed by atoms with Gasteiger partial charge in [0, 0.05) is 60.3 Å². The predicted octanol–water partition coefficient (Wildman–Crippen LogP) is 5.11. The molecule has 44 heavy (non-hydrogen) atoms. The van der Waals surface area contributed by atoms with Crippen molar-refractivity contribution in [2.45, 2.75) is 18.9 Å². The first kappa shape index (κ1) is 28.8. The van der Waals surface area contributed by atoms with E-state index in [1.54, 1.807) is 35.9 Å². The van der Waals surface area contributed by atoms with Crippen molar-refractivity contribution in [2.75, 3.05) is 32.2 Å². The van der Waals surface area contributed by atoms with Gasteiger partial charge in [-0.25, -0.2) is 9.97 Å². The Morgan fingerprint density at radius 3 is 2.73 bits per heavy atom. The lowest BCUT2D eigenvalue weighted by Crippen LogP contribution is -2.32. The van der Waals surface area contributed by atoms with Gasteiger partial charge in [0.25, 0.3) is 0 Å². The first-order chi connectivity index (χ1) is 21.4. The van der Waals surface area contributed by atoms with Crippen molar-refractivity contribution in [1.29, 1.82) is 0 Å². The van der Waals surface area contributed by atoms with E-state index in [-0.39, 0.29) is 23.6 Å². The van der Waals surface area contributed by atoms with Gasteiger partial charge in [-0.3, -0.25) is 9.78 Å². The largest absolute Gasteiger partial charge is 0.493 e. The van der Waals surface area contributed by atoms with Crippen LogP contribution in [0.2, 0.25) is 0 Å². The molecule has 1 aliphatic rings. The molecule has 0 radical (unpaired) electrons. The second kappa shape index (κ2) is 12.5. The number of ketones is 1. The zero-order valence-electron chi connectivity index (χ0n) is 24.3. The molecule has 11 heteroatoms. The number of anilines is 2. The maximum atomic E-state index is 13.8. The number of rotatable bonds is 9. The van der Waals surface area contributed by atoms with Gasteiger partial charge in [0.2, 0.25) is 5.95 Å². The summed E-state index contributed by atoms with van der Waals surface area (Å²) in [4.78, 5) is 33.3. The molecule has 10 nitrogen and oxygen atoms in total. The van der Waals surface area contributed by atoms with Gasteiger partial charge in [0.1, 0.15) is 10.8 Å². The number of nitrogens with zero attached hydrogens (tertiary/aromatic N) is 5. The van der Waals surface area contributed by atoms with Crippen LogP contribution in [0.3, 0.4) is 0 Å². The lowest BCUT2D eigenvalue weighted by molar-refractivity contribution is 0.104. The second-order valence-corrected chi connectivity index (χ2v) is 11.1.